The first-order chi connectivity index (χ1) is 7.27. The first-order valence-electron chi connectivity index (χ1n) is 4.92. The normalized spacial score (nSPS) is 10.0. The number of hydrogen-bond acceptors (Lipinski definition) is 2. The Morgan fingerprint density at radius 2 is 2.33 bits per heavy atom. The molecule has 0 fully saturated rings. The lowest BCUT2D eigenvalue weighted by Crippen LogP contribution is -2.14. The van der Waals surface area contributed by atoms with Crippen LogP contribution in [-0.4, -0.2) is 13.7 Å². The van der Waals surface area contributed by atoms with Crippen molar-refractivity contribution in [2.24, 2.45) is 0 Å². The lowest BCUT2D eigenvalue weighted by atomic mass is 10.2. The van der Waals surface area contributed by atoms with E-state index in [1.54, 1.807) is 7.11 Å². The summed E-state index contributed by atoms with van der Waals surface area (Å²) in [6.07, 6.45) is 2.89. The minimum atomic E-state index is 0.816. The Hall–Kier alpha value is -0.800. The number of halogens is 1. The Bertz CT molecular complexity index is 325. The molecule has 0 spiro atoms. The van der Waals surface area contributed by atoms with Crippen LogP contribution in [0.15, 0.2) is 35.3 Å². The molecule has 1 N–H and O–H groups in total. The highest BCUT2D eigenvalue weighted by Crippen LogP contribution is 2.22. The van der Waals surface area contributed by atoms with Gasteiger partial charge in [0.1, 0.15) is 5.75 Å². The highest BCUT2D eigenvalue weighted by Gasteiger charge is 2.02. The van der Waals surface area contributed by atoms with Crippen LogP contribution in [0.4, 0.5) is 0 Å². The Morgan fingerprint density at radius 1 is 1.53 bits per heavy atom. The van der Waals surface area contributed by atoms with Crippen LogP contribution in [0, 0.1) is 0 Å². The Morgan fingerprint density at radius 3 is 3.00 bits per heavy atom. The molecule has 0 heterocycles. The van der Waals surface area contributed by atoms with Crippen molar-refractivity contribution in [2.75, 3.05) is 13.7 Å². The maximum Gasteiger partial charge on any atom is 0.123 e. The van der Waals surface area contributed by atoms with E-state index < -0.39 is 0 Å². The monoisotopic (exact) mass is 269 g/mol. The van der Waals surface area contributed by atoms with Gasteiger partial charge in [0, 0.05) is 16.6 Å². The fourth-order valence-electron chi connectivity index (χ4n) is 1.31. The molecule has 1 rings (SSSR count). The van der Waals surface area contributed by atoms with Crippen molar-refractivity contribution in [3.8, 4) is 5.75 Å². The second-order valence-electron chi connectivity index (χ2n) is 3.21. The quantitative estimate of drug-likeness (QED) is 0.633. The zero-order valence-electron chi connectivity index (χ0n) is 8.92. The van der Waals surface area contributed by atoms with E-state index in [9.17, 15) is 0 Å². The standard InChI is InChI=1S/C12H16BrNO/c1-3-4-7-14-9-10-8-11(13)5-6-12(10)15-2/h3,5-6,8,14H,1,4,7,9H2,2H3. The number of ether oxygens (including phenoxy) is 1. The molecular weight excluding hydrogens is 254 g/mol. The molecule has 0 aromatic heterocycles. The van der Waals surface area contributed by atoms with E-state index >= 15 is 0 Å². The highest BCUT2D eigenvalue weighted by atomic mass is 79.9. The smallest absolute Gasteiger partial charge is 0.123 e. The molecule has 1 aromatic carbocycles. The molecule has 1 aromatic rings. The van der Waals surface area contributed by atoms with Crippen molar-refractivity contribution < 1.29 is 4.74 Å². The molecule has 0 aliphatic heterocycles. The van der Waals surface area contributed by atoms with Crippen LogP contribution in [0.3, 0.4) is 0 Å². The molecule has 0 aliphatic rings. The average Bonchev–Trinajstić information content (AvgIpc) is 2.25. The molecular formula is C12H16BrNO. The fourth-order valence-corrected chi connectivity index (χ4v) is 1.72. The minimum Gasteiger partial charge on any atom is -0.496 e. The summed E-state index contributed by atoms with van der Waals surface area (Å²) in [6, 6.07) is 6.01. The van der Waals surface area contributed by atoms with Crippen LogP contribution in [0.1, 0.15) is 12.0 Å². The average molecular weight is 270 g/mol. The van der Waals surface area contributed by atoms with Gasteiger partial charge in [-0.2, -0.15) is 0 Å². The molecule has 82 valence electrons. The summed E-state index contributed by atoms with van der Waals surface area (Å²) in [5, 5.41) is 3.33. The van der Waals surface area contributed by atoms with Crippen molar-refractivity contribution >= 4 is 15.9 Å². The van der Waals surface area contributed by atoms with Gasteiger partial charge in [0.25, 0.3) is 0 Å². The number of rotatable bonds is 6. The third-order valence-electron chi connectivity index (χ3n) is 2.08. The summed E-state index contributed by atoms with van der Waals surface area (Å²) in [6.45, 7) is 5.44. The summed E-state index contributed by atoms with van der Waals surface area (Å²) in [5.41, 5.74) is 1.16. The van der Waals surface area contributed by atoms with Gasteiger partial charge in [-0.05, 0) is 31.2 Å². The molecule has 2 nitrogen and oxygen atoms in total. The van der Waals surface area contributed by atoms with E-state index in [1.165, 1.54) is 0 Å². The van der Waals surface area contributed by atoms with Crippen molar-refractivity contribution in [1.29, 1.82) is 0 Å². The van der Waals surface area contributed by atoms with Gasteiger partial charge in [-0.3, -0.25) is 0 Å². The maximum absolute atomic E-state index is 5.28. The van der Waals surface area contributed by atoms with Crippen LogP contribution in [0.2, 0.25) is 0 Å². The summed E-state index contributed by atoms with van der Waals surface area (Å²) in [7, 11) is 1.69. The lowest BCUT2D eigenvalue weighted by molar-refractivity contribution is 0.407. The molecule has 0 amide bonds. The highest BCUT2D eigenvalue weighted by molar-refractivity contribution is 9.10. The third kappa shape index (κ3) is 4.06. The summed E-state index contributed by atoms with van der Waals surface area (Å²) >= 11 is 3.45. The Kier molecular flexibility index (Phi) is 5.43. The van der Waals surface area contributed by atoms with Crippen LogP contribution < -0.4 is 10.1 Å². The van der Waals surface area contributed by atoms with Crippen LogP contribution >= 0.6 is 15.9 Å². The predicted octanol–water partition coefficient (Wildman–Crippen LogP) is 3.12. The van der Waals surface area contributed by atoms with Crippen molar-refractivity contribution in [3.05, 3.63) is 40.9 Å². The van der Waals surface area contributed by atoms with E-state index in [4.69, 9.17) is 4.74 Å². The van der Waals surface area contributed by atoms with E-state index in [0.717, 1.165) is 35.3 Å². The number of benzene rings is 1. The molecule has 0 bridgehead atoms. The SMILES string of the molecule is C=CCCNCc1cc(Br)ccc1OC. The first kappa shape index (κ1) is 12.3. The van der Waals surface area contributed by atoms with E-state index in [1.807, 2.05) is 18.2 Å². The van der Waals surface area contributed by atoms with Crippen molar-refractivity contribution in [3.63, 3.8) is 0 Å². The minimum absolute atomic E-state index is 0.816. The van der Waals surface area contributed by atoms with Gasteiger partial charge in [0.05, 0.1) is 7.11 Å². The molecule has 0 unspecified atom stereocenters. The van der Waals surface area contributed by atoms with Crippen LogP contribution in [0.5, 0.6) is 5.75 Å². The molecule has 0 atom stereocenters. The lowest BCUT2D eigenvalue weighted by Gasteiger charge is -2.09. The zero-order valence-corrected chi connectivity index (χ0v) is 10.5. The topological polar surface area (TPSA) is 21.3 Å². The fraction of sp³-hybridized carbons (Fsp3) is 0.333. The number of methoxy groups -OCH3 is 1. The largest absolute Gasteiger partial charge is 0.496 e. The maximum atomic E-state index is 5.28. The van der Waals surface area contributed by atoms with Gasteiger partial charge in [0.2, 0.25) is 0 Å². The molecule has 0 saturated heterocycles. The third-order valence-corrected chi connectivity index (χ3v) is 2.58. The van der Waals surface area contributed by atoms with E-state index in [0.29, 0.717) is 0 Å². The zero-order chi connectivity index (χ0) is 11.1. The first-order valence-corrected chi connectivity index (χ1v) is 5.71. The Balaban J connectivity index is 2.57. The van der Waals surface area contributed by atoms with E-state index in [2.05, 4.69) is 33.9 Å². The number of hydrogen-bond donors (Lipinski definition) is 1. The van der Waals surface area contributed by atoms with Gasteiger partial charge >= 0.3 is 0 Å². The molecule has 0 radical (unpaired) electrons. The Labute approximate surface area is 99.5 Å². The van der Waals surface area contributed by atoms with Crippen molar-refractivity contribution in [2.45, 2.75) is 13.0 Å². The van der Waals surface area contributed by atoms with Crippen LogP contribution in [0.25, 0.3) is 0 Å². The predicted molar refractivity (Wildman–Crippen MR) is 67.2 cm³/mol. The van der Waals surface area contributed by atoms with Crippen molar-refractivity contribution in [1.82, 2.24) is 5.32 Å². The summed E-state index contributed by atoms with van der Waals surface area (Å²) in [4.78, 5) is 0. The molecule has 3 heteroatoms. The second-order valence-corrected chi connectivity index (χ2v) is 4.13. The molecule has 0 saturated carbocycles. The van der Waals surface area contributed by atoms with Gasteiger partial charge in [0.15, 0.2) is 0 Å². The van der Waals surface area contributed by atoms with Gasteiger partial charge < -0.3 is 10.1 Å². The number of nitrogens with one attached hydrogen (secondary N) is 1. The van der Waals surface area contributed by atoms with Gasteiger partial charge in [-0.25, -0.2) is 0 Å². The van der Waals surface area contributed by atoms with Crippen LogP contribution in [-0.2, 0) is 6.54 Å². The summed E-state index contributed by atoms with van der Waals surface area (Å²) in [5.74, 6) is 0.921. The molecule has 15 heavy (non-hydrogen) atoms. The second kappa shape index (κ2) is 6.64. The summed E-state index contributed by atoms with van der Waals surface area (Å²) < 4.78 is 6.35. The van der Waals surface area contributed by atoms with Gasteiger partial charge in [-0.15, -0.1) is 6.58 Å². The van der Waals surface area contributed by atoms with E-state index in [-0.39, 0.29) is 0 Å². The molecule has 0 aliphatic carbocycles. The van der Waals surface area contributed by atoms with Gasteiger partial charge in [-0.1, -0.05) is 22.0 Å².